The molecule has 2 aliphatic rings. The number of guanidine groups is 1. The van der Waals surface area contributed by atoms with E-state index in [1.54, 1.807) is 0 Å². The Morgan fingerprint density at radius 1 is 1.19 bits per heavy atom. The molecule has 7 heteroatoms. The summed E-state index contributed by atoms with van der Waals surface area (Å²) >= 11 is 6.05. The van der Waals surface area contributed by atoms with Gasteiger partial charge in [0.05, 0.1) is 18.1 Å². The third kappa shape index (κ3) is 6.16. The van der Waals surface area contributed by atoms with Crippen LogP contribution < -0.4 is 10.6 Å². The van der Waals surface area contributed by atoms with Crippen molar-refractivity contribution < 1.29 is 8.42 Å². The van der Waals surface area contributed by atoms with Gasteiger partial charge >= 0.3 is 0 Å². The van der Waals surface area contributed by atoms with Crippen molar-refractivity contribution in [3.05, 3.63) is 34.9 Å². The van der Waals surface area contributed by atoms with Crippen molar-refractivity contribution in [1.82, 2.24) is 10.6 Å². The number of hydrogen-bond acceptors (Lipinski definition) is 3. The van der Waals surface area contributed by atoms with Crippen LogP contribution in [0.25, 0.3) is 0 Å². The zero-order chi connectivity index (χ0) is 18.4. The molecule has 26 heavy (non-hydrogen) atoms. The van der Waals surface area contributed by atoms with E-state index in [9.17, 15) is 8.42 Å². The lowest BCUT2D eigenvalue weighted by Crippen LogP contribution is -2.45. The van der Waals surface area contributed by atoms with Crippen LogP contribution in [0.3, 0.4) is 0 Å². The van der Waals surface area contributed by atoms with Gasteiger partial charge in [-0.25, -0.2) is 13.4 Å². The van der Waals surface area contributed by atoms with E-state index in [2.05, 4.69) is 10.6 Å². The van der Waals surface area contributed by atoms with Crippen LogP contribution in [0.1, 0.15) is 44.1 Å². The van der Waals surface area contributed by atoms with Crippen LogP contribution in [0.2, 0.25) is 5.02 Å². The first kappa shape index (κ1) is 19.5. The van der Waals surface area contributed by atoms with E-state index in [-0.39, 0.29) is 11.7 Å². The minimum Gasteiger partial charge on any atom is -0.356 e. The molecule has 0 radical (unpaired) electrons. The van der Waals surface area contributed by atoms with Gasteiger partial charge in [-0.15, -0.1) is 0 Å². The van der Waals surface area contributed by atoms with E-state index in [0.717, 1.165) is 30.8 Å². The maximum Gasteiger partial charge on any atom is 0.191 e. The van der Waals surface area contributed by atoms with E-state index < -0.39 is 9.84 Å². The Morgan fingerprint density at radius 3 is 2.69 bits per heavy atom. The Morgan fingerprint density at radius 2 is 2.00 bits per heavy atom. The average molecular weight is 398 g/mol. The van der Waals surface area contributed by atoms with Crippen LogP contribution in [0.4, 0.5) is 0 Å². The highest BCUT2D eigenvalue weighted by Gasteiger charge is 2.28. The molecule has 1 aliphatic heterocycles. The number of hydrogen-bond donors (Lipinski definition) is 2. The fraction of sp³-hybridized carbons (Fsp3) is 0.632. The summed E-state index contributed by atoms with van der Waals surface area (Å²) in [5.74, 6) is 1.54. The summed E-state index contributed by atoms with van der Waals surface area (Å²) in [4.78, 5) is 4.71. The third-order valence-corrected chi connectivity index (χ3v) is 7.21. The molecule has 1 aromatic carbocycles. The molecule has 1 aliphatic carbocycles. The van der Waals surface area contributed by atoms with Gasteiger partial charge < -0.3 is 10.6 Å². The first-order chi connectivity index (χ1) is 12.5. The first-order valence-corrected chi connectivity index (χ1v) is 11.7. The van der Waals surface area contributed by atoms with Crippen molar-refractivity contribution in [3.8, 4) is 0 Å². The Balaban J connectivity index is 1.61. The maximum atomic E-state index is 11.7. The Bertz CT molecular complexity index is 730. The molecule has 1 unspecified atom stereocenters. The first-order valence-electron chi connectivity index (χ1n) is 9.50. The highest BCUT2D eigenvalue weighted by atomic mass is 35.5. The van der Waals surface area contributed by atoms with Crippen molar-refractivity contribution >= 4 is 27.4 Å². The van der Waals surface area contributed by atoms with Crippen LogP contribution in [-0.2, 0) is 16.4 Å². The predicted octanol–water partition coefficient (Wildman–Crippen LogP) is 3.14. The molecule has 0 spiro atoms. The number of nitrogens with one attached hydrogen (secondary N) is 2. The van der Waals surface area contributed by atoms with Gasteiger partial charge in [-0.05, 0) is 42.9 Å². The molecule has 2 N–H and O–H groups in total. The smallest absolute Gasteiger partial charge is 0.191 e. The predicted molar refractivity (Wildman–Crippen MR) is 107 cm³/mol. The summed E-state index contributed by atoms with van der Waals surface area (Å²) in [6, 6.07) is 8.17. The Hall–Kier alpha value is -1.27. The van der Waals surface area contributed by atoms with Gasteiger partial charge in [0.25, 0.3) is 0 Å². The highest BCUT2D eigenvalue weighted by molar-refractivity contribution is 7.91. The van der Waals surface area contributed by atoms with Crippen molar-refractivity contribution in [2.45, 2.75) is 51.1 Å². The lowest BCUT2D eigenvalue weighted by molar-refractivity contribution is 0.408. The van der Waals surface area contributed by atoms with Crippen LogP contribution in [0.15, 0.2) is 29.3 Å². The number of benzene rings is 1. The summed E-state index contributed by atoms with van der Waals surface area (Å²) in [5, 5.41) is 7.63. The summed E-state index contributed by atoms with van der Waals surface area (Å²) in [6.07, 6.45) is 6.87. The molecule has 1 atom stereocenters. The zero-order valence-electron chi connectivity index (χ0n) is 15.1. The minimum atomic E-state index is -2.85. The average Bonchev–Trinajstić information content (AvgIpc) is 2.97. The Labute approximate surface area is 161 Å². The molecule has 3 rings (SSSR count). The van der Waals surface area contributed by atoms with Crippen molar-refractivity contribution in [2.75, 3.05) is 18.1 Å². The van der Waals surface area contributed by atoms with Gasteiger partial charge in [-0.3, -0.25) is 0 Å². The molecule has 1 saturated heterocycles. The lowest BCUT2D eigenvalue weighted by Gasteiger charge is -2.25. The van der Waals surface area contributed by atoms with Gasteiger partial charge in [0.15, 0.2) is 15.8 Å². The van der Waals surface area contributed by atoms with Gasteiger partial charge in [0.1, 0.15) is 0 Å². The molecule has 0 bridgehead atoms. The number of sulfone groups is 1. The SMILES string of the molecule is O=S1(=O)CCC(CNC(=NCc2cccc(Cl)c2)NC2CCCCC2)C1. The van der Waals surface area contributed by atoms with Gasteiger partial charge in [-0.2, -0.15) is 0 Å². The second-order valence-electron chi connectivity index (χ2n) is 7.42. The van der Waals surface area contributed by atoms with Crippen LogP contribution >= 0.6 is 11.6 Å². The van der Waals surface area contributed by atoms with Gasteiger partial charge in [0, 0.05) is 17.6 Å². The van der Waals surface area contributed by atoms with E-state index in [4.69, 9.17) is 16.6 Å². The molecule has 0 aromatic heterocycles. The van der Waals surface area contributed by atoms with E-state index in [0.29, 0.717) is 29.9 Å². The monoisotopic (exact) mass is 397 g/mol. The topological polar surface area (TPSA) is 70.6 Å². The Kier molecular flexibility index (Phi) is 6.81. The molecule has 1 saturated carbocycles. The summed E-state index contributed by atoms with van der Waals surface area (Å²) in [7, 11) is -2.85. The molecule has 144 valence electrons. The highest BCUT2D eigenvalue weighted by Crippen LogP contribution is 2.19. The van der Waals surface area contributed by atoms with Crippen LogP contribution in [0, 0.1) is 5.92 Å². The zero-order valence-corrected chi connectivity index (χ0v) is 16.7. The lowest BCUT2D eigenvalue weighted by atomic mass is 9.96. The number of rotatable bonds is 5. The second-order valence-corrected chi connectivity index (χ2v) is 10.1. The van der Waals surface area contributed by atoms with Gasteiger partial charge in [-0.1, -0.05) is 43.0 Å². The maximum absolute atomic E-state index is 11.7. The standard InChI is InChI=1S/C19H28ClN3O2S/c20-17-6-4-5-15(11-17)12-21-19(23-18-7-2-1-3-8-18)22-13-16-9-10-26(24,25)14-16/h4-6,11,16,18H,1-3,7-10,12-14H2,(H2,21,22,23). The summed E-state index contributed by atoms with van der Waals surface area (Å²) in [5.41, 5.74) is 1.06. The molecule has 1 heterocycles. The van der Waals surface area contributed by atoms with Crippen molar-refractivity contribution in [2.24, 2.45) is 10.9 Å². The molecular formula is C19H28ClN3O2S. The fourth-order valence-electron chi connectivity index (χ4n) is 3.67. The molecule has 5 nitrogen and oxygen atoms in total. The fourth-order valence-corrected chi connectivity index (χ4v) is 5.75. The molecule has 2 fully saturated rings. The van der Waals surface area contributed by atoms with Crippen molar-refractivity contribution in [3.63, 3.8) is 0 Å². The van der Waals surface area contributed by atoms with Crippen molar-refractivity contribution in [1.29, 1.82) is 0 Å². The van der Waals surface area contributed by atoms with E-state index in [1.165, 1.54) is 19.3 Å². The number of halogens is 1. The van der Waals surface area contributed by atoms with Crippen LogP contribution in [0.5, 0.6) is 0 Å². The molecule has 1 aromatic rings. The quantitative estimate of drug-likeness (QED) is 0.591. The van der Waals surface area contributed by atoms with E-state index in [1.807, 2.05) is 24.3 Å². The van der Waals surface area contributed by atoms with Gasteiger partial charge in [0.2, 0.25) is 0 Å². The normalized spacial score (nSPS) is 23.7. The largest absolute Gasteiger partial charge is 0.356 e. The number of nitrogens with zero attached hydrogens (tertiary/aromatic N) is 1. The summed E-state index contributed by atoms with van der Waals surface area (Å²) in [6.45, 7) is 1.19. The van der Waals surface area contributed by atoms with Crippen LogP contribution in [-0.4, -0.2) is 38.5 Å². The van der Waals surface area contributed by atoms with E-state index >= 15 is 0 Å². The molecular weight excluding hydrogens is 370 g/mol. The minimum absolute atomic E-state index is 0.171. The third-order valence-electron chi connectivity index (χ3n) is 5.14. The second kappa shape index (κ2) is 9.09. The molecule has 0 amide bonds. The number of aliphatic imine (C=N–C) groups is 1. The summed E-state index contributed by atoms with van der Waals surface area (Å²) < 4.78 is 23.3.